The zero-order chi connectivity index (χ0) is 13.7. The summed E-state index contributed by atoms with van der Waals surface area (Å²) >= 11 is 1.38. The molecule has 0 radical (unpaired) electrons. The van der Waals surface area contributed by atoms with Crippen molar-refractivity contribution in [1.29, 1.82) is 0 Å². The van der Waals surface area contributed by atoms with Crippen molar-refractivity contribution in [3.63, 3.8) is 0 Å². The van der Waals surface area contributed by atoms with Gasteiger partial charge < -0.3 is 10.4 Å². The van der Waals surface area contributed by atoms with Gasteiger partial charge in [0.1, 0.15) is 0 Å². The number of carbonyl (C=O) groups is 2. The monoisotopic (exact) mass is 273 g/mol. The highest BCUT2D eigenvalue weighted by atomic mass is 32.1. The predicted molar refractivity (Wildman–Crippen MR) is 75.4 cm³/mol. The van der Waals surface area contributed by atoms with E-state index in [4.69, 9.17) is 5.11 Å². The molecule has 2 aromatic rings. The molecule has 0 spiro atoms. The molecule has 1 aromatic carbocycles. The lowest BCUT2D eigenvalue weighted by atomic mass is 10.2. The molecule has 0 aliphatic heterocycles. The molecule has 1 amide bonds. The van der Waals surface area contributed by atoms with Crippen molar-refractivity contribution in [1.82, 2.24) is 0 Å². The van der Waals surface area contributed by atoms with E-state index in [1.165, 1.54) is 17.4 Å². The second kappa shape index (κ2) is 5.97. The summed E-state index contributed by atoms with van der Waals surface area (Å²) in [6.45, 7) is 0. The van der Waals surface area contributed by atoms with Gasteiger partial charge in [0.25, 0.3) is 5.91 Å². The summed E-state index contributed by atoms with van der Waals surface area (Å²) in [5.74, 6) is -1.14. The van der Waals surface area contributed by atoms with Crippen LogP contribution in [0.2, 0.25) is 0 Å². The van der Waals surface area contributed by atoms with E-state index < -0.39 is 5.97 Å². The second-order valence-corrected chi connectivity index (χ2v) is 4.67. The van der Waals surface area contributed by atoms with E-state index in [-0.39, 0.29) is 5.91 Å². The maximum Gasteiger partial charge on any atom is 0.328 e. The summed E-state index contributed by atoms with van der Waals surface area (Å²) in [5.41, 5.74) is 1.43. The number of benzene rings is 1. The number of aliphatic carboxylic acids is 1. The Morgan fingerprint density at radius 1 is 1.16 bits per heavy atom. The van der Waals surface area contributed by atoms with Crippen LogP contribution in [0.25, 0.3) is 6.08 Å². The Labute approximate surface area is 114 Å². The Kier molecular flexibility index (Phi) is 4.10. The molecule has 0 bridgehead atoms. The molecular formula is C14H11NO3S. The minimum Gasteiger partial charge on any atom is -0.478 e. The smallest absolute Gasteiger partial charge is 0.328 e. The van der Waals surface area contributed by atoms with Gasteiger partial charge in [-0.3, -0.25) is 4.79 Å². The van der Waals surface area contributed by atoms with E-state index in [0.29, 0.717) is 10.6 Å². The summed E-state index contributed by atoms with van der Waals surface area (Å²) in [6.07, 6.45) is 2.56. The molecule has 0 aliphatic rings. The Morgan fingerprint density at radius 3 is 2.47 bits per heavy atom. The van der Waals surface area contributed by atoms with E-state index in [1.807, 2.05) is 11.4 Å². The normalized spacial score (nSPS) is 10.5. The third-order valence-corrected chi connectivity index (χ3v) is 3.20. The van der Waals surface area contributed by atoms with E-state index in [9.17, 15) is 9.59 Å². The number of hydrogen-bond acceptors (Lipinski definition) is 3. The molecule has 2 N–H and O–H groups in total. The van der Waals surface area contributed by atoms with Gasteiger partial charge >= 0.3 is 5.97 Å². The molecule has 4 nitrogen and oxygen atoms in total. The first-order chi connectivity index (χ1) is 9.15. The zero-order valence-electron chi connectivity index (χ0n) is 9.87. The van der Waals surface area contributed by atoms with Gasteiger partial charge in [0.05, 0.1) is 4.88 Å². The number of nitrogens with one attached hydrogen (secondary N) is 1. The lowest BCUT2D eigenvalue weighted by Crippen LogP contribution is -2.09. The maximum atomic E-state index is 11.8. The number of rotatable bonds is 4. The summed E-state index contributed by atoms with van der Waals surface area (Å²) in [4.78, 5) is 22.8. The number of carboxylic acids is 1. The third-order valence-electron chi connectivity index (χ3n) is 2.33. The quantitative estimate of drug-likeness (QED) is 0.841. The van der Waals surface area contributed by atoms with Crippen molar-refractivity contribution in [2.45, 2.75) is 0 Å². The molecular weight excluding hydrogens is 262 g/mol. The van der Waals surface area contributed by atoms with Crippen molar-refractivity contribution < 1.29 is 14.7 Å². The first-order valence-electron chi connectivity index (χ1n) is 5.51. The number of anilines is 1. The highest BCUT2D eigenvalue weighted by molar-refractivity contribution is 7.12. The first kappa shape index (κ1) is 13.0. The molecule has 2 rings (SSSR count). The molecule has 96 valence electrons. The van der Waals surface area contributed by atoms with Crippen molar-refractivity contribution in [3.8, 4) is 0 Å². The van der Waals surface area contributed by atoms with Crippen molar-refractivity contribution >= 4 is 35.0 Å². The van der Waals surface area contributed by atoms with E-state index in [1.54, 1.807) is 30.3 Å². The van der Waals surface area contributed by atoms with Crippen LogP contribution >= 0.6 is 11.3 Å². The van der Waals surface area contributed by atoms with Crippen molar-refractivity contribution in [2.24, 2.45) is 0 Å². The van der Waals surface area contributed by atoms with Gasteiger partial charge in [-0.05, 0) is 35.2 Å². The Morgan fingerprint density at radius 2 is 1.89 bits per heavy atom. The summed E-state index contributed by atoms with van der Waals surface area (Å²) in [5, 5.41) is 13.1. The highest BCUT2D eigenvalue weighted by Gasteiger charge is 2.06. The molecule has 0 atom stereocenters. The summed E-state index contributed by atoms with van der Waals surface area (Å²) < 4.78 is 0. The van der Waals surface area contributed by atoms with Crippen LogP contribution in [-0.4, -0.2) is 17.0 Å². The number of carboxylic acid groups (broad SMARTS) is 1. The van der Waals surface area contributed by atoms with Crippen LogP contribution in [0, 0.1) is 0 Å². The molecule has 19 heavy (non-hydrogen) atoms. The van der Waals surface area contributed by atoms with Crippen molar-refractivity contribution in [3.05, 3.63) is 58.3 Å². The molecule has 0 unspecified atom stereocenters. The fourth-order valence-corrected chi connectivity index (χ4v) is 2.06. The van der Waals surface area contributed by atoms with Crippen LogP contribution in [0.15, 0.2) is 47.9 Å². The summed E-state index contributed by atoms with van der Waals surface area (Å²) in [7, 11) is 0. The van der Waals surface area contributed by atoms with Crippen LogP contribution in [0.5, 0.6) is 0 Å². The number of carbonyl (C=O) groups excluding carboxylic acids is 1. The molecule has 0 fully saturated rings. The SMILES string of the molecule is O=C(O)/C=C/c1ccc(NC(=O)c2cccs2)cc1. The van der Waals surface area contributed by atoms with Crippen LogP contribution in [0.3, 0.4) is 0 Å². The van der Waals surface area contributed by atoms with Crippen LogP contribution in [-0.2, 0) is 4.79 Å². The van der Waals surface area contributed by atoms with Gasteiger partial charge in [-0.25, -0.2) is 4.79 Å². The Bertz CT molecular complexity index is 600. The largest absolute Gasteiger partial charge is 0.478 e. The number of thiophene rings is 1. The average Bonchev–Trinajstić information content (AvgIpc) is 2.92. The van der Waals surface area contributed by atoms with Gasteiger partial charge in [0.2, 0.25) is 0 Å². The van der Waals surface area contributed by atoms with Crippen LogP contribution < -0.4 is 5.32 Å². The van der Waals surface area contributed by atoms with Crippen molar-refractivity contribution in [2.75, 3.05) is 5.32 Å². The first-order valence-corrected chi connectivity index (χ1v) is 6.39. The van der Waals surface area contributed by atoms with Gasteiger partial charge in [-0.2, -0.15) is 0 Å². The maximum absolute atomic E-state index is 11.8. The Balaban J connectivity index is 2.03. The standard InChI is InChI=1S/C14H11NO3S/c16-13(17)8-5-10-3-6-11(7-4-10)15-14(18)12-2-1-9-19-12/h1-9H,(H,15,18)(H,16,17)/b8-5+. The third kappa shape index (κ3) is 3.79. The van der Waals surface area contributed by atoms with Gasteiger partial charge in [-0.15, -0.1) is 11.3 Å². The average molecular weight is 273 g/mol. The lowest BCUT2D eigenvalue weighted by Gasteiger charge is -2.03. The highest BCUT2D eigenvalue weighted by Crippen LogP contribution is 2.14. The minimum atomic E-state index is -0.991. The van der Waals surface area contributed by atoms with E-state index in [0.717, 1.165) is 11.6 Å². The predicted octanol–water partition coefficient (Wildman–Crippen LogP) is 3.10. The summed E-state index contributed by atoms with van der Waals surface area (Å²) in [6, 6.07) is 10.5. The zero-order valence-corrected chi connectivity index (χ0v) is 10.7. The minimum absolute atomic E-state index is 0.149. The molecule has 1 heterocycles. The van der Waals surface area contributed by atoms with Gasteiger partial charge in [0, 0.05) is 11.8 Å². The molecule has 0 saturated carbocycles. The molecule has 1 aromatic heterocycles. The number of amides is 1. The number of hydrogen-bond donors (Lipinski definition) is 2. The van der Waals surface area contributed by atoms with E-state index >= 15 is 0 Å². The molecule has 5 heteroatoms. The van der Waals surface area contributed by atoms with Gasteiger partial charge in [0.15, 0.2) is 0 Å². The fourth-order valence-electron chi connectivity index (χ4n) is 1.45. The van der Waals surface area contributed by atoms with E-state index in [2.05, 4.69) is 5.32 Å². The lowest BCUT2D eigenvalue weighted by molar-refractivity contribution is -0.131. The second-order valence-electron chi connectivity index (χ2n) is 3.73. The molecule has 0 aliphatic carbocycles. The molecule has 0 saturated heterocycles. The van der Waals surface area contributed by atoms with Crippen LogP contribution in [0.1, 0.15) is 15.2 Å². The van der Waals surface area contributed by atoms with Crippen LogP contribution in [0.4, 0.5) is 5.69 Å². The topological polar surface area (TPSA) is 66.4 Å². The Hall–Kier alpha value is -2.40. The van der Waals surface area contributed by atoms with Gasteiger partial charge in [-0.1, -0.05) is 18.2 Å². The fraction of sp³-hybridized carbons (Fsp3) is 0.